The Morgan fingerprint density at radius 3 is 2.57 bits per heavy atom. The van der Waals surface area contributed by atoms with Gasteiger partial charge in [0.2, 0.25) is 0 Å². The Morgan fingerprint density at radius 1 is 1.24 bits per heavy atom. The van der Waals surface area contributed by atoms with Gasteiger partial charge in [0, 0.05) is 11.7 Å². The van der Waals surface area contributed by atoms with Gasteiger partial charge in [-0.05, 0) is 22.6 Å². The van der Waals surface area contributed by atoms with Crippen molar-refractivity contribution in [2.75, 3.05) is 19.1 Å². The van der Waals surface area contributed by atoms with Gasteiger partial charge in [-0.15, -0.1) is 0 Å². The molecule has 0 amide bonds. The van der Waals surface area contributed by atoms with E-state index < -0.39 is 11.6 Å². The first-order valence-corrected chi connectivity index (χ1v) is 8.04. The maximum Gasteiger partial charge on any atom is 0.341 e. The number of hydrogen-bond donors (Lipinski definition) is 2. The molecule has 0 heterocycles. The van der Waals surface area contributed by atoms with Gasteiger partial charge in [-0.25, -0.2) is 4.79 Å². The van der Waals surface area contributed by atoms with Crippen molar-refractivity contribution in [1.29, 1.82) is 0 Å². The number of fused-ring (bicyclic) bond motifs is 1. The molecule has 2 aromatic rings. The van der Waals surface area contributed by atoms with Crippen molar-refractivity contribution >= 4 is 28.5 Å². The van der Waals surface area contributed by atoms with Crippen molar-refractivity contribution < 1.29 is 9.53 Å². The number of rotatable bonds is 5. The lowest BCUT2D eigenvalue weighted by Gasteiger charge is -2.32. The zero-order chi connectivity index (χ0) is 15.5. The van der Waals surface area contributed by atoms with E-state index >= 15 is 0 Å². The highest BCUT2D eigenvalue weighted by Crippen LogP contribution is 2.32. The zero-order valence-corrected chi connectivity index (χ0v) is 13.0. The highest BCUT2D eigenvalue weighted by atomic mass is 32.2. The summed E-state index contributed by atoms with van der Waals surface area (Å²) in [6.45, 7) is 0. The highest BCUT2D eigenvalue weighted by molar-refractivity contribution is 7.98. The van der Waals surface area contributed by atoms with Crippen LogP contribution in [0.3, 0.4) is 0 Å². The predicted molar refractivity (Wildman–Crippen MR) is 88.2 cm³/mol. The van der Waals surface area contributed by atoms with Gasteiger partial charge in [-0.1, -0.05) is 42.5 Å². The van der Waals surface area contributed by atoms with Gasteiger partial charge in [-0.2, -0.15) is 11.8 Å². The van der Waals surface area contributed by atoms with Crippen molar-refractivity contribution in [3.63, 3.8) is 0 Å². The fourth-order valence-corrected chi connectivity index (χ4v) is 3.31. The molecule has 1 atom stereocenters. The zero-order valence-electron chi connectivity index (χ0n) is 12.2. The third-order valence-electron chi connectivity index (χ3n) is 3.65. The fourth-order valence-electron chi connectivity index (χ4n) is 2.53. The van der Waals surface area contributed by atoms with Crippen LogP contribution in [0, 0.1) is 0 Å². The molecule has 0 bridgehead atoms. The fraction of sp³-hybridized carbons (Fsp3) is 0.312. The van der Waals surface area contributed by atoms with Crippen LogP contribution in [0.1, 0.15) is 11.5 Å². The van der Waals surface area contributed by atoms with Gasteiger partial charge in [0.1, 0.15) is 0 Å². The largest absolute Gasteiger partial charge is 0.467 e. The minimum Gasteiger partial charge on any atom is -0.467 e. The average molecular weight is 304 g/mol. The molecule has 21 heavy (non-hydrogen) atoms. The standard InChI is InChI=1S/C16H20N2O2S/c1-20-15(19)16(17,18)14(10-21-2)13-9-5-7-11-6-3-4-8-12(11)13/h3-9,14H,10,17-18H2,1-2H3. The molecule has 112 valence electrons. The van der Waals surface area contributed by atoms with Crippen molar-refractivity contribution in [2.45, 2.75) is 11.6 Å². The molecule has 0 fully saturated rings. The van der Waals surface area contributed by atoms with Crippen LogP contribution in [0.4, 0.5) is 0 Å². The van der Waals surface area contributed by atoms with E-state index in [-0.39, 0.29) is 5.92 Å². The molecule has 0 spiro atoms. The normalized spacial score (nSPS) is 13.1. The summed E-state index contributed by atoms with van der Waals surface area (Å²) in [7, 11) is 1.30. The van der Waals surface area contributed by atoms with Gasteiger partial charge in [-0.3, -0.25) is 0 Å². The Bertz CT molecular complexity index is 638. The van der Waals surface area contributed by atoms with Crippen LogP contribution >= 0.6 is 11.8 Å². The first kappa shape index (κ1) is 15.8. The molecule has 0 aliphatic heterocycles. The highest BCUT2D eigenvalue weighted by Gasteiger charge is 2.40. The van der Waals surface area contributed by atoms with Gasteiger partial charge in [0.25, 0.3) is 0 Å². The lowest BCUT2D eigenvalue weighted by atomic mass is 9.85. The van der Waals surface area contributed by atoms with E-state index in [9.17, 15) is 4.79 Å². The van der Waals surface area contributed by atoms with Crippen molar-refractivity contribution in [3.8, 4) is 0 Å². The van der Waals surface area contributed by atoms with E-state index in [1.54, 1.807) is 11.8 Å². The molecule has 0 saturated heterocycles. The summed E-state index contributed by atoms with van der Waals surface area (Å²) in [6, 6.07) is 14.0. The lowest BCUT2D eigenvalue weighted by molar-refractivity contribution is -0.147. The van der Waals surface area contributed by atoms with Gasteiger partial charge in [0.15, 0.2) is 5.66 Å². The summed E-state index contributed by atoms with van der Waals surface area (Å²) in [5.74, 6) is -0.295. The van der Waals surface area contributed by atoms with E-state index in [4.69, 9.17) is 16.2 Å². The molecule has 0 aliphatic rings. The third kappa shape index (κ3) is 3.05. The second-order valence-corrected chi connectivity index (χ2v) is 5.91. The SMILES string of the molecule is COC(=O)C(N)(N)C(CSC)c1cccc2ccccc12. The molecule has 0 aliphatic carbocycles. The van der Waals surface area contributed by atoms with E-state index in [1.807, 2.05) is 48.7 Å². The van der Waals surface area contributed by atoms with Crippen LogP contribution in [0.25, 0.3) is 10.8 Å². The lowest BCUT2D eigenvalue weighted by Crippen LogP contribution is -2.61. The van der Waals surface area contributed by atoms with Crippen LogP contribution in [-0.4, -0.2) is 30.8 Å². The number of methoxy groups -OCH3 is 1. The second-order valence-electron chi connectivity index (χ2n) is 5.00. The molecule has 1 unspecified atom stereocenters. The molecule has 2 aromatic carbocycles. The van der Waals surface area contributed by atoms with E-state index in [1.165, 1.54) is 7.11 Å². The van der Waals surface area contributed by atoms with Gasteiger partial charge in [0.05, 0.1) is 7.11 Å². The van der Waals surface area contributed by atoms with Crippen LogP contribution in [0.2, 0.25) is 0 Å². The maximum absolute atomic E-state index is 12.0. The number of carbonyl (C=O) groups excluding carboxylic acids is 1. The van der Waals surface area contributed by atoms with Gasteiger partial charge < -0.3 is 16.2 Å². The summed E-state index contributed by atoms with van der Waals surface area (Å²) < 4.78 is 4.78. The summed E-state index contributed by atoms with van der Waals surface area (Å²) >= 11 is 1.60. The quantitative estimate of drug-likeness (QED) is 0.653. The summed E-state index contributed by atoms with van der Waals surface area (Å²) in [6.07, 6.45) is 1.96. The summed E-state index contributed by atoms with van der Waals surface area (Å²) in [4.78, 5) is 12.0. The topological polar surface area (TPSA) is 78.3 Å². The molecule has 0 saturated carbocycles. The van der Waals surface area contributed by atoms with Crippen LogP contribution in [0.15, 0.2) is 42.5 Å². The minimum atomic E-state index is -1.55. The number of thioether (sulfide) groups is 1. The molecule has 4 nitrogen and oxygen atoms in total. The Balaban J connectivity index is 2.58. The Morgan fingerprint density at radius 2 is 1.90 bits per heavy atom. The number of carbonyl (C=O) groups is 1. The van der Waals surface area contributed by atoms with Crippen LogP contribution < -0.4 is 11.5 Å². The second kappa shape index (κ2) is 6.47. The molecule has 0 radical (unpaired) electrons. The average Bonchev–Trinajstić information content (AvgIpc) is 2.51. The Labute approximate surface area is 128 Å². The van der Waals surface area contributed by atoms with Crippen molar-refractivity contribution in [2.24, 2.45) is 11.5 Å². The summed E-state index contributed by atoms with van der Waals surface area (Å²) in [5, 5.41) is 2.16. The maximum atomic E-state index is 12.0. The molecule has 2 rings (SSSR count). The smallest absolute Gasteiger partial charge is 0.341 e. The van der Waals surface area contributed by atoms with E-state index in [0.717, 1.165) is 16.3 Å². The third-order valence-corrected chi connectivity index (χ3v) is 4.31. The van der Waals surface area contributed by atoms with Crippen LogP contribution in [0.5, 0.6) is 0 Å². The van der Waals surface area contributed by atoms with Gasteiger partial charge >= 0.3 is 5.97 Å². The number of nitrogens with two attached hydrogens (primary N) is 2. The Kier molecular flexibility index (Phi) is 4.88. The predicted octanol–water partition coefficient (Wildman–Crippen LogP) is 2.07. The number of ether oxygens (including phenoxy) is 1. The molecule has 0 aromatic heterocycles. The van der Waals surface area contributed by atoms with Crippen molar-refractivity contribution in [3.05, 3.63) is 48.0 Å². The van der Waals surface area contributed by atoms with Crippen LogP contribution in [-0.2, 0) is 9.53 Å². The molecular formula is C16H20N2O2S. The number of esters is 1. The Hall–Kier alpha value is -1.56. The molecule has 4 N–H and O–H groups in total. The van der Waals surface area contributed by atoms with E-state index in [0.29, 0.717) is 5.75 Å². The minimum absolute atomic E-state index is 0.328. The molecular weight excluding hydrogens is 284 g/mol. The summed E-state index contributed by atoms with van der Waals surface area (Å²) in [5.41, 5.74) is 11.6. The monoisotopic (exact) mass is 304 g/mol. The number of hydrogen-bond acceptors (Lipinski definition) is 5. The molecule has 5 heteroatoms. The van der Waals surface area contributed by atoms with Crippen molar-refractivity contribution in [1.82, 2.24) is 0 Å². The first-order valence-electron chi connectivity index (χ1n) is 6.65. The first-order chi connectivity index (χ1) is 10.0. The number of benzene rings is 2. The van der Waals surface area contributed by atoms with E-state index in [2.05, 4.69) is 0 Å².